The van der Waals surface area contributed by atoms with Crippen LogP contribution in [0, 0.1) is 6.92 Å². The highest BCUT2D eigenvalue weighted by Crippen LogP contribution is 2.35. The fraction of sp³-hybridized carbons (Fsp3) is 0.733. The molecular weight excluding hydrogens is 282 g/mol. The second kappa shape index (κ2) is 6.16. The fourth-order valence-electron chi connectivity index (χ4n) is 2.95. The van der Waals surface area contributed by atoms with Crippen LogP contribution in [0.15, 0.2) is 9.05 Å². The van der Waals surface area contributed by atoms with Crippen LogP contribution in [-0.2, 0) is 12.1 Å². The Labute approximate surface area is 129 Å². The molecule has 0 aromatic carbocycles. The van der Waals surface area contributed by atoms with Crippen LogP contribution in [0.4, 0.5) is 0 Å². The number of nitrogens with zero attached hydrogens (tertiary/aromatic N) is 4. The van der Waals surface area contributed by atoms with Crippen LogP contribution in [0.2, 0.25) is 0 Å². The summed E-state index contributed by atoms with van der Waals surface area (Å²) in [5, 5.41) is 11.7. The number of nitrogens with one attached hydrogen (secondary N) is 1. The van der Waals surface area contributed by atoms with Crippen molar-refractivity contribution in [2.75, 3.05) is 0 Å². The number of aromatic nitrogens is 4. The molecule has 1 fully saturated rings. The maximum Gasteiger partial charge on any atom is 0.229 e. The number of hydrogen-bond acceptors (Lipinski definition) is 7. The van der Waals surface area contributed by atoms with Gasteiger partial charge in [0.05, 0.1) is 12.1 Å². The van der Waals surface area contributed by atoms with Gasteiger partial charge in [-0.05, 0) is 12.8 Å². The summed E-state index contributed by atoms with van der Waals surface area (Å²) >= 11 is 0. The third kappa shape index (κ3) is 3.04. The van der Waals surface area contributed by atoms with Crippen LogP contribution in [0.3, 0.4) is 0 Å². The molecule has 1 saturated carbocycles. The van der Waals surface area contributed by atoms with Crippen LogP contribution < -0.4 is 5.32 Å². The SMILES string of the molecule is Cc1nc(C2(NCc3noc(C(C)C)n3)CCCCC2)no1. The molecule has 0 radical (unpaired) electrons. The third-order valence-corrected chi connectivity index (χ3v) is 4.23. The summed E-state index contributed by atoms with van der Waals surface area (Å²) in [4.78, 5) is 8.87. The summed E-state index contributed by atoms with van der Waals surface area (Å²) in [6, 6.07) is 0. The van der Waals surface area contributed by atoms with Gasteiger partial charge in [-0.25, -0.2) is 0 Å². The van der Waals surface area contributed by atoms with Gasteiger partial charge >= 0.3 is 0 Å². The molecule has 0 saturated heterocycles. The van der Waals surface area contributed by atoms with Crippen LogP contribution in [0.5, 0.6) is 0 Å². The zero-order valence-corrected chi connectivity index (χ0v) is 13.4. The number of rotatable bonds is 5. The van der Waals surface area contributed by atoms with Crippen LogP contribution in [-0.4, -0.2) is 20.3 Å². The Hall–Kier alpha value is -1.76. The summed E-state index contributed by atoms with van der Waals surface area (Å²) in [5.74, 6) is 2.93. The van der Waals surface area contributed by atoms with Crippen molar-refractivity contribution >= 4 is 0 Å². The first kappa shape index (κ1) is 15.1. The van der Waals surface area contributed by atoms with Crippen molar-refractivity contribution in [2.24, 2.45) is 0 Å². The third-order valence-electron chi connectivity index (χ3n) is 4.23. The van der Waals surface area contributed by atoms with Gasteiger partial charge in [0, 0.05) is 12.8 Å². The molecule has 0 amide bonds. The Morgan fingerprint density at radius 1 is 1.09 bits per heavy atom. The molecule has 1 N–H and O–H groups in total. The first-order chi connectivity index (χ1) is 10.6. The van der Waals surface area contributed by atoms with Crippen molar-refractivity contribution in [3.8, 4) is 0 Å². The maximum absolute atomic E-state index is 5.26. The van der Waals surface area contributed by atoms with E-state index in [9.17, 15) is 0 Å². The standard InChI is InChI=1S/C15H23N5O2/c1-10(2)13-18-12(19-22-13)9-16-15(7-5-4-6-8-15)14-17-11(3)21-20-14/h10,16H,4-9H2,1-3H3. The van der Waals surface area contributed by atoms with Gasteiger partial charge in [0.15, 0.2) is 11.6 Å². The van der Waals surface area contributed by atoms with Crippen molar-refractivity contribution in [3.05, 3.63) is 23.4 Å². The van der Waals surface area contributed by atoms with E-state index >= 15 is 0 Å². The zero-order valence-electron chi connectivity index (χ0n) is 13.4. The lowest BCUT2D eigenvalue weighted by molar-refractivity contribution is 0.208. The summed E-state index contributed by atoms with van der Waals surface area (Å²) in [6.07, 6.45) is 5.57. The van der Waals surface area contributed by atoms with Crippen molar-refractivity contribution < 1.29 is 9.05 Å². The van der Waals surface area contributed by atoms with E-state index in [1.54, 1.807) is 0 Å². The van der Waals surface area contributed by atoms with Crippen molar-refractivity contribution in [1.82, 2.24) is 25.6 Å². The molecule has 2 aromatic rings. The Morgan fingerprint density at radius 3 is 2.45 bits per heavy atom. The maximum atomic E-state index is 5.26. The lowest BCUT2D eigenvalue weighted by atomic mass is 9.81. The lowest BCUT2D eigenvalue weighted by Gasteiger charge is -2.35. The molecule has 7 heteroatoms. The molecule has 1 aliphatic carbocycles. The molecule has 0 bridgehead atoms. The van der Waals surface area contributed by atoms with Gasteiger partial charge in [-0.3, -0.25) is 5.32 Å². The van der Waals surface area contributed by atoms with Gasteiger partial charge in [0.2, 0.25) is 11.8 Å². The fourth-order valence-corrected chi connectivity index (χ4v) is 2.95. The highest BCUT2D eigenvalue weighted by Gasteiger charge is 2.38. The summed E-state index contributed by atoms with van der Waals surface area (Å²) in [5.41, 5.74) is -0.241. The van der Waals surface area contributed by atoms with E-state index in [-0.39, 0.29) is 11.5 Å². The van der Waals surface area contributed by atoms with E-state index in [0.29, 0.717) is 24.2 Å². The normalized spacial score (nSPS) is 18.0. The van der Waals surface area contributed by atoms with E-state index in [1.165, 1.54) is 6.42 Å². The second-order valence-electron chi connectivity index (χ2n) is 6.34. The topological polar surface area (TPSA) is 89.9 Å². The van der Waals surface area contributed by atoms with Crippen LogP contribution in [0.25, 0.3) is 0 Å². The minimum absolute atomic E-state index is 0.241. The van der Waals surface area contributed by atoms with E-state index in [4.69, 9.17) is 9.05 Å². The lowest BCUT2D eigenvalue weighted by Crippen LogP contribution is -2.44. The van der Waals surface area contributed by atoms with Crippen LogP contribution >= 0.6 is 0 Å². The molecule has 0 atom stereocenters. The predicted molar refractivity (Wildman–Crippen MR) is 79.0 cm³/mol. The van der Waals surface area contributed by atoms with Gasteiger partial charge < -0.3 is 9.05 Å². The monoisotopic (exact) mass is 305 g/mol. The quantitative estimate of drug-likeness (QED) is 0.908. The average Bonchev–Trinajstić information content (AvgIpc) is 3.15. The Morgan fingerprint density at radius 2 is 1.86 bits per heavy atom. The highest BCUT2D eigenvalue weighted by molar-refractivity contribution is 5.07. The largest absolute Gasteiger partial charge is 0.340 e. The van der Waals surface area contributed by atoms with Gasteiger partial charge in [-0.1, -0.05) is 43.4 Å². The van der Waals surface area contributed by atoms with Gasteiger partial charge in [0.25, 0.3) is 0 Å². The highest BCUT2D eigenvalue weighted by atomic mass is 16.5. The molecule has 1 aliphatic rings. The molecule has 22 heavy (non-hydrogen) atoms. The van der Waals surface area contributed by atoms with E-state index in [1.807, 2.05) is 20.8 Å². The number of hydrogen-bond donors (Lipinski definition) is 1. The summed E-state index contributed by atoms with van der Waals surface area (Å²) in [7, 11) is 0. The minimum atomic E-state index is -0.241. The summed E-state index contributed by atoms with van der Waals surface area (Å²) < 4.78 is 10.4. The van der Waals surface area contributed by atoms with E-state index < -0.39 is 0 Å². The molecular formula is C15H23N5O2. The van der Waals surface area contributed by atoms with Gasteiger partial charge in [0.1, 0.15) is 0 Å². The minimum Gasteiger partial charge on any atom is -0.340 e. The Kier molecular flexibility index (Phi) is 4.24. The molecule has 2 heterocycles. The first-order valence-electron chi connectivity index (χ1n) is 7.97. The Bertz CT molecular complexity index is 613. The van der Waals surface area contributed by atoms with Gasteiger partial charge in [-0.15, -0.1) is 0 Å². The molecule has 120 valence electrons. The molecule has 3 rings (SSSR count). The zero-order chi connectivity index (χ0) is 15.6. The van der Waals surface area contributed by atoms with Gasteiger partial charge in [-0.2, -0.15) is 9.97 Å². The average molecular weight is 305 g/mol. The number of aryl methyl sites for hydroxylation is 1. The molecule has 2 aromatic heterocycles. The van der Waals surface area contributed by atoms with E-state index in [2.05, 4.69) is 25.6 Å². The van der Waals surface area contributed by atoms with Crippen molar-refractivity contribution in [1.29, 1.82) is 0 Å². The summed E-state index contributed by atoms with van der Waals surface area (Å²) in [6.45, 7) is 6.44. The molecule has 0 unspecified atom stereocenters. The first-order valence-corrected chi connectivity index (χ1v) is 7.97. The van der Waals surface area contributed by atoms with Crippen LogP contribution in [0.1, 0.15) is 75.3 Å². The van der Waals surface area contributed by atoms with Crippen molar-refractivity contribution in [3.63, 3.8) is 0 Å². The second-order valence-corrected chi connectivity index (χ2v) is 6.34. The van der Waals surface area contributed by atoms with Crippen molar-refractivity contribution in [2.45, 2.75) is 70.9 Å². The molecule has 0 aliphatic heterocycles. The van der Waals surface area contributed by atoms with E-state index in [0.717, 1.165) is 31.5 Å². The predicted octanol–water partition coefficient (Wildman–Crippen LogP) is 2.83. The molecule has 7 nitrogen and oxygen atoms in total. The molecule has 0 spiro atoms. The Balaban J connectivity index is 1.75. The smallest absolute Gasteiger partial charge is 0.229 e.